The largest absolute Gasteiger partial charge is 0.494 e. The zero-order valence-electron chi connectivity index (χ0n) is 18.0. The molecule has 0 fully saturated rings. The van der Waals surface area contributed by atoms with Gasteiger partial charge in [-0.2, -0.15) is 8.42 Å². The number of nitrogens with zero attached hydrogens (tertiary/aromatic N) is 1. The minimum absolute atomic E-state index is 0.105. The van der Waals surface area contributed by atoms with E-state index in [1.165, 1.54) is 21.5 Å². The van der Waals surface area contributed by atoms with Crippen molar-refractivity contribution in [3.8, 4) is 16.9 Å². The van der Waals surface area contributed by atoms with Crippen LogP contribution in [0.2, 0.25) is 5.02 Å². The second-order valence-electron chi connectivity index (χ2n) is 7.53. The lowest BCUT2D eigenvalue weighted by molar-refractivity contribution is -0.136. The molecule has 4 aromatic rings. The molecule has 1 N–H and O–H groups in total. The second-order valence-corrected chi connectivity index (χ2v) is 11.2. The van der Waals surface area contributed by atoms with E-state index in [0.717, 1.165) is 10.4 Å². The molecule has 0 amide bonds. The van der Waals surface area contributed by atoms with Crippen LogP contribution in [0, 0.1) is 6.92 Å². The first-order chi connectivity index (χ1) is 15.7. The van der Waals surface area contributed by atoms with Gasteiger partial charge in [-0.3, -0.25) is 4.79 Å². The predicted molar refractivity (Wildman–Crippen MR) is 131 cm³/mol. The number of hydrogen-bond donors (Lipinski definition) is 1. The molecule has 6 nitrogen and oxygen atoms in total. The van der Waals surface area contributed by atoms with Crippen molar-refractivity contribution in [2.45, 2.75) is 30.9 Å². The lowest BCUT2D eigenvalue weighted by Crippen LogP contribution is -2.11. The van der Waals surface area contributed by atoms with Gasteiger partial charge in [-0.1, -0.05) is 23.7 Å². The number of aryl methyl sites for hydroxylation is 2. The summed E-state index contributed by atoms with van der Waals surface area (Å²) in [6, 6.07) is 14.1. The van der Waals surface area contributed by atoms with Gasteiger partial charge in [0.25, 0.3) is 10.0 Å². The van der Waals surface area contributed by atoms with Gasteiger partial charge in [0, 0.05) is 33.5 Å². The first kappa shape index (κ1) is 23.4. The molecular formula is C24H22ClNO5S2. The fourth-order valence-electron chi connectivity index (χ4n) is 3.75. The van der Waals surface area contributed by atoms with E-state index >= 15 is 0 Å². The Bertz CT molecular complexity index is 1440. The van der Waals surface area contributed by atoms with Crippen molar-refractivity contribution in [1.29, 1.82) is 0 Å². The maximum Gasteiger partial charge on any atom is 0.303 e. The van der Waals surface area contributed by atoms with Gasteiger partial charge in [0.05, 0.1) is 12.1 Å². The summed E-state index contributed by atoms with van der Waals surface area (Å²) in [5.41, 5.74) is 2.48. The highest BCUT2D eigenvalue weighted by Crippen LogP contribution is 2.38. The molecule has 2 aromatic heterocycles. The number of rotatable bonds is 8. The Morgan fingerprint density at radius 3 is 2.55 bits per heavy atom. The molecular weight excluding hydrogens is 482 g/mol. The molecule has 0 aliphatic heterocycles. The van der Waals surface area contributed by atoms with Crippen molar-refractivity contribution in [2.24, 2.45) is 0 Å². The van der Waals surface area contributed by atoms with E-state index in [1.54, 1.807) is 42.5 Å². The summed E-state index contributed by atoms with van der Waals surface area (Å²) in [5, 5.41) is 10.4. The van der Waals surface area contributed by atoms with E-state index in [4.69, 9.17) is 21.4 Å². The number of aromatic nitrogens is 1. The molecule has 2 aromatic carbocycles. The number of hydrogen-bond acceptors (Lipinski definition) is 5. The van der Waals surface area contributed by atoms with Crippen molar-refractivity contribution in [2.75, 3.05) is 6.61 Å². The first-order valence-electron chi connectivity index (χ1n) is 10.3. The molecule has 2 heterocycles. The molecule has 4 rings (SSSR count). The van der Waals surface area contributed by atoms with E-state index < -0.39 is 16.0 Å². The maximum absolute atomic E-state index is 13.9. The average Bonchev–Trinajstić information content (AvgIpc) is 3.34. The van der Waals surface area contributed by atoms with Crippen molar-refractivity contribution in [3.05, 3.63) is 70.2 Å². The molecule has 9 heteroatoms. The molecule has 0 atom stereocenters. The zero-order valence-corrected chi connectivity index (χ0v) is 20.4. The molecule has 0 bridgehead atoms. The third-order valence-corrected chi connectivity index (χ3v) is 8.70. The Morgan fingerprint density at radius 2 is 1.88 bits per heavy atom. The lowest BCUT2D eigenvalue weighted by atomic mass is 10.1. The first-order valence-corrected chi connectivity index (χ1v) is 12.9. The Hall–Kier alpha value is -2.81. The van der Waals surface area contributed by atoms with Crippen LogP contribution in [-0.2, 0) is 21.2 Å². The molecule has 0 aliphatic rings. The molecule has 172 valence electrons. The number of benzene rings is 2. The summed E-state index contributed by atoms with van der Waals surface area (Å²) in [4.78, 5) is 12.0. The molecule has 0 aliphatic carbocycles. The maximum atomic E-state index is 13.9. The molecule has 0 spiro atoms. The van der Waals surface area contributed by atoms with Crippen molar-refractivity contribution < 1.29 is 23.1 Å². The van der Waals surface area contributed by atoms with Gasteiger partial charge >= 0.3 is 5.97 Å². The third-order valence-electron chi connectivity index (χ3n) is 5.21. The Balaban J connectivity index is 1.89. The third kappa shape index (κ3) is 4.64. The molecule has 0 saturated carbocycles. The Morgan fingerprint density at radius 1 is 1.15 bits per heavy atom. The number of carboxylic acids is 1. The van der Waals surface area contributed by atoms with Crippen LogP contribution in [0.5, 0.6) is 5.75 Å². The fraction of sp³-hybridized carbons (Fsp3) is 0.208. The highest BCUT2D eigenvalue weighted by atomic mass is 35.5. The van der Waals surface area contributed by atoms with Crippen LogP contribution in [0.15, 0.2) is 58.9 Å². The lowest BCUT2D eigenvalue weighted by Gasteiger charge is -2.09. The summed E-state index contributed by atoms with van der Waals surface area (Å²) in [7, 11) is -3.96. The fourth-order valence-corrected chi connectivity index (χ4v) is 7.00. The van der Waals surface area contributed by atoms with Gasteiger partial charge < -0.3 is 9.84 Å². The summed E-state index contributed by atoms with van der Waals surface area (Å²) >= 11 is 7.22. The van der Waals surface area contributed by atoms with Crippen molar-refractivity contribution in [3.63, 3.8) is 0 Å². The molecule has 0 radical (unpaired) electrons. The number of aliphatic carboxylic acids is 1. The zero-order chi connectivity index (χ0) is 23.8. The van der Waals surface area contributed by atoms with Gasteiger partial charge in [0.1, 0.15) is 9.96 Å². The topological polar surface area (TPSA) is 85.6 Å². The predicted octanol–water partition coefficient (Wildman–Crippen LogP) is 5.98. The SMILES string of the molecule is CCOc1ccc2c(c1)c(CCC(=O)O)cn2S(=O)(=O)c1sc(C)cc1-c1ccc(Cl)cc1. The van der Waals surface area contributed by atoms with Crippen molar-refractivity contribution >= 4 is 49.8 Å². The van der Waals surface area contributed by atoms with Crippen LogP contribution >= 0.6 is 22.9 Å². The summed E-state index contributed by atoms with van der Waals surface area (Å²) < 4.78 is 34.8. The van der Waals surface area contributed by atoms with Gasteiger partial charge in [-0.25, -0.2) is 3.97 Å². The minimum Gasteiger partial charge on any atom is -0.494 e. The van der Waals surface area contributed by atoms with E-state index in [9.17, 15) is 13.2 Å². The number of carboxylic acid groups (broad SMARTS) is 1. The Kier molecular flexibility index (Phi) is 6.52. The van der Waals surface area contributed by atoms with Crippen LogP contribution < -0.4 is 4.74 Å². The highest BCUT2D eigenvalue weighted by molar-refractivity contribution is 7.92. The van der Waals surface area contributed by atoms with Crippen LogP contribution in [0.4, 0.5) is 0 Å². The highest BCUT2D eigenvalue weighted by Gasteiger charge is 2.27. The number of carbonyl (C=O) groups is 1. The summed E-state index contributed by atoms with van der Waals surface area (Å²) in [6.45, 7) is 4.19. The van der Waals surface area contributed by atoms with E-state index in [-0.39, 0.29) is 17.1 Å². The summed E-state index contributed by atoms with van der Waals surface area (Å²) in [6.07, 6.45) is 1.63. The second kappa shape index (κ2) is 9.21. The van der Waals surface area contributed by atoms with Crippen molar-refractivity contribution in [1.82, 2.24) is 3.97 Å². The van der Waals surface area contributed by atoms with E-state index in [2.05, 4.69) is 0 Å². The smallest absolute Gasteiger partial charge is 0.303 e. The van der Waals surface area contributed by atoms with E-state index in [1.807, 2.05) is 19.9 Å². The number of fused-ring (bicyclic) bond motifs is 1. The summed E-state index contributed by atoms with van der Waals surface area (Å²) in [5.74, 6) is -0.343. The Labute approximate surface area is 201 Å². The standard InChI is InChI=1S/C24H22ClNO5S2/c1-3-31-19-9-10-22-20(13-19)17(6-11-23(27)28)14-26(22)33(29,30)24-21(12-15(2)32-24)16-4-7-18(25)8-5-16/h4-5,7-10,12-14H,3,6,11H2,1-2H3,(H,27,28). The van der Waals surface area contributed by atoms with Gasteiger partial charge in [0.2, 0.25) is 0 Å². The molecule has 33 heavy (non-hydrogen) atoms. The molecule has 0 unspecified atom stereocenters. The van der Waals surface area contributed by atoms with E-state index in [0.29, 0.717) is 39.4 Å². The normalized spacial score (nSPS) is 11.7. The number of thiophene rings is 1. The van der Waals surface area contributed by atoms with Crippen LogP contribution in [0.1, 0.15) is 23.8 Å². The number of halogens is 1. The van der Waals surface area contributed by atoms with Gasteiger partial charge in [-0.05, 0) is 67.8 Å². The average molecular weight is 504 g/mol. The van der Waals surface area contributed by atoms with Crippen LogP contribution in [0.3, 0.4) is 0 Å². The molecule has 0 saturated heterocycles. The minimum atomic E-state index is -3.96. The monoisotopic (exact) mass is 503 g/mol. The van der Waals surface area contributed by atoms with Gasteiger partial charge in [-0.15, -0.1) is 11.3 Å². The van der Waals surface area contributed by atoms with Crippen LogP contribution in [0.25, 0.3) is 22.0 Å². The van der Waals surface area contributed by atoms with Crippen LogP contribution in [-0.4, -0.2) is 30.1 Å². The van der Waals surface area contributed by atoms with Gasteiger partial charge in [0.15, 0.2) is 0 Å². The number of ether oxygens (including phenoxy) is 1. The quantitative estimate of drug-likeness (QED) is 0.319.